The molecule has 4 aromatic rings. The van der Waals surface area contributed by atoms with Gasteiger partial charge in [0.25, 0.3) is 11.1 Å². The summed E-state index contributed by atoms with van der Waals surface area (Å²) >= 11 is 1.46. The lowest BCUT2D eigenvalue weighted by atomic mass is 10.0. The SMILES string of the molecule is COc1ccc(OC)c(C(C)NC(=O)c2ccccc2CSc2nc3ccccc3o2)c1. The fourth-order valence-electron chi connectivity index (χ4n) is 3.45. The Morgan fingerprint density at radius 2 is 1.84 bits per heavy atom. The summed E-state index contributed by atoms with van der Waals surface area (Å²) < 4.78 is 16.6. The van der Waals surface area contributed by atoms with Gasteiger partial charge in [-0.15, -0.1) is 0 Å². The van der Waals surface area contributed by atoms with Crippen LogP contribution in [0.25, 0.3) is 11.1 Å². The molecule has 3 aromatic carbocycles. The van der Waals surface area contributed by atoms with Crippen LogP contribution in [0.1, 0.15) is 34.5 Å². The van der Waals surface area contributed by atoms with E-state index in [0.717, 1.165) is 22.2 Å². The molecule has 32 heavy (non-hydrogen) atoms. The molecule has 164 valence electrons. The average Bonchev–Trinajstić information content (AvgIpc) is 3.25. The van der Waals surface area contributed by atoms with Crippen molar-refractivity contribution in [2.24, 2.45) is 0 Å². The Balaban J connectivity index is 1.50. The van der Waals surface area contributed by atoms with Crippen molar-refractivity contribution in [3.8, 4) is 11.5 Å². The van der Waals surface area contributed by atoms with Crippen LogP contribution in [-0.2, 0) is 5.75 Å². The number of oxazole rings is 1. The second kappa shape index (κ2) is 9.78. The Morgan fingerprint density at radius 1 is 1.06 bits per heavy atom. The zero-order chi connectivity index (χ0) is 22.5. The van der Waals surface area contributed by atoms with Gasteiger partial charge in [0.2, 0.25) is 0 Å². The van der Waals surface area contributed by atoms with Crippen LogP contribution in [0.3, 0.4) is 0 Å². The van der Waals surface area contributed by atoms with Crippen LogP contribution in [0, 0.1) is 0 Å². The van der Waals surface area contributed by atoms with Crippen LogP contribution in [0.15, 0.2) is 76.4 Å². The number of thioether (sulfide) groups is 1. The summed E-state index contributed by atoms with van der Waals surface area (Å²) in [6.07, 6.45) is 0. The van der Waals surface area contributed by atoms with Gasteiger partial charge in [0.05, 0.1) is 20.3 Å². The van der Waals surface area contributed by atoms with E-state index in [-0.39, 0.29) is 11.9 Å². The normalized spacial score (nSPS) is 11.8. The van der Waals surface area contributed by atoms with Crippen molar-refractivity contribution in [2.45, 2.75) is 23.9 Å². The zero-order valence-corrected chi connectivity index (χ0v) is 18.9. The van der Waals surface area contributed by atoms with Gasteiger partial charge in [0.1, 0.15) is 17.0 Å². The molecular formula is C25H24N2O4S. The van der Waals surface area contributed by atoms with E-state index in [1.165, 1.54) is 11.8 Å². The van der Waals surface area contributed by atoms with Crippen LogP contribution in [0.2, 0.25) is 0 Å². The molecule has 0 radical (unpaired) electrons. The number of rotatable bonds is 8. The summed E-state index contributed by atoms with van der Waals surface area (Å²) in [4.78, 5) is 17.6. The molecule has 1 unspecified atom stereocenters. The van der Waals surface area contributed by atoms with E-state index >= 15 is 0 Å². The number of carbonyl (C=O) groups excluding carboxylic acids is 1. The first-order valence-corrected chi connectivity index (χ1v) is 11.2. The van der Waals surface area contributed by atoms with Crippen molar-refractivity contribution in [3.63, 3.8) is 0 Å². The molecule has 0 saturated heterocycles. The van der Waals surface area contributed by atoms with Gasteiger partial charge in [-0.3, -0.25) is 4.79 Å². The number of ether oxygens (including phenoxy) is 2. The molecule has 7 heteroatoms. The van der Waals surface area contributed by atoms with Crippen LogP contribution in [-0.4, -0.2) is 25.1 Å². The van der Waals surface area contributed by atoms with Crippen LogP contribution >= 0.6 is 11.8 Å². The average molecular weight is 449 g/mol. The number of nitrogens with one attached hydrogen (secondary N) is 1. The monoisotopic (exact) mass is 448 g/mol. The highest BCUT2D eigenvalue weighted by Gasteiger charge is 2.18. The highest BCUT2D eigenvalue weighted by atomic mass is 32.2. The molecule has 0 saturated carbocycles. The lowest BCUT2D eigenvalue weighted by molar-refractivity contribution is 0.0938. The van der Waals surface area contributed by atoms with E-state index in [4.69, 9.17) is 13.9 Å². The van der Waals surface area contributed by atoms with E-state index < -0.39 is 0 Å². The van der Waals surface area contributed by atoms with Crippen LogP contribution < -0.4 is 14.8 Å². The van der Waals surface area contributed by atoms with Crippen molar-refractivity contribution < 1.29 is 18.7 Å². The van der Waals surface area contributed by atoms with Gasteiger partial charge < -0.3 is 19.2 Å². The fraction of sp³-hybridized carbons (Fsp3) is 0.200. The van der Waals surface area contributed by atoms with Crippen molar-refractivity contribution in [1.29, 1.82) is 0 Å². The maximum absolute atomic E-state index is 13.1. The maximum Gasteiger partial charge on any atom is 0.257 e. The van der Waals surface area contributed by atoms with E-state index in [2.05, 4.69) is 10.3 Å². The van der Waals surface area contributed by atoms with E-state index in [0.29, 0.717) is 28.0 Å². The summed E-state index contributed by atoms with van der Waals surface area (Å²) in [5, 5.41) is 3.66. The van der Waals surface area contributed by atoms with Crippen molar-refractivity contribution in [2.75, 3.05) is 14.2 Å². The first-order valence-electron chi connectivity index (χ1n) is 10.2. The lowest BCUT2D eigenvalue weighted by Crippen LogP contribution is -2.27. The predicted octanol–water partition coefficient (Wildman–Crippen LogP) is 5.63. The van der Waals surface area contributed by atoms with E-state index in [9.17, 15) is 4.79 Å². The molecule has 4 rings (SSSR count). The third kappa shape index (κ3) is 4.73. The van der Waals surface area contributed by atoms with E-state index in [1.54, 1.807) is 14.2 Å². The molecule has 0 spiro atoms. The highest BCUT2D eigenvalue weighted by molar-refractivity contribution is 7.98. The molecule has 0 aliphatic heterocycles. The molecular weight excluding hydrogens is 424 g/mol. The Hall–Kier alpha value is -3.45. The number of aromatic nitrogens is 1. The van der Waals surface area contributed by atoms with Crippen LogP contribution in [0.5, 0.6) is 11.5 Å². The van der Waals surface area contributed by atoms with Gasteiger partial charge in [-0.1, -0.05) is 42.1 Å². The molecule has 1 heterocycles. The van der Waals surface area contributed by atoms with Crippen LogP contribution in [0.4, 0.5) is 0 Å². The Labute approximate surface area is 190 Å². The second-order valence-electron chi connectivity index (χ2n) is 7.20. The molecule has 0 aliphatic rings. The Kier molecular flexibility index (Phi) is 6.66. The van der Waals surface area contributed by atoms with Gasteiger partial charge in [0, 0.05) is 16.9 Å². The first kappa shape index (κ1) is 21.8. The summed E-state index contributed by atoms with van der Waals surface area (Å²) in [5.41, 5.74) is 3.94. The van der Waals surface area contributed by atoms with Gasteiger partial charge >= 0.3 is 0 Å². The number of amides is 1. The third-order valence-corrected chi connectivity index (χ3v) is 6.02. The third-order valence-electron chi connectivity index (χ3n) is 5.14. The summed E-state index contributed by atoms with van der Waals surface area (Å²) in [6, 6.07) is 20.5. The molecule has 1 amide bonds. The highest BCUT2D eigenvalue weighted by Crippen LogP contribution is 2.30. The number of hydrogen-bond acceptors (Lipinski definition) is 6. The molecule has 0 fully saturated rings. The smallest absolute Gasteiger partial charge is 0.257 e. The standard InChI is InChI=1S/C25H24N2O4S/c1-16(20-14-18(29-2)12-13-22(20)30-3)26-24(28)19-9-5-4-8-17(19)15-32-25-27-21-10-6-7-11-23(21)31-25/h4-14,16H,15H2,1-3H3,(H,26,28). The summed E-state index contributed by atoms with van der Waals surface area (Å²) in [7, 11) is 3.22. The predicted molar refractivity (Wildman–Crippen MR) is 125 cm³/mol. The quantitative estimate of drug-likeness (QED) is 0.352. The number of fused-ring (bicyclic) bond motifs is 1. The number of carbonyl (C=O) groups is 1. The largest absolute Gasteiger partial charge is 0.497 e. The van der Waals surface area contributed by atoms with Gasteiger partial charge in [-0.05, 0) is 48.9 Å². The second-order valence-corrected chi connectivity index (χ2v) is 8.12. The number of methoxy groups -OCH3 is 2. The number of benzene rings is 3. The molecule has 1 atom stereocenters. The maximum atomic E-state index is 13.1. The Morgan fingerprint density at radius 3 is 2.62 bits per heavy atom. The molecule has 6 nitrogen and oxygen atoms in total. The molecule has 1 N–H and O–H groups in total. The zero-order valence-electron chi connectivity index (χ0n) is 18.1. The molecule has 1 aromatic heterocycles. The fourth-order valence-corrected chi connectivity index (χ4v) is 4.29. The van der Waals surface area contributed by atoms with Gasteiger partial charge in [-0.25, -0.2) is 4.98 Å². The minimum Gasteiger partial charge on any atom is -0.497 e. The number of para-hydroxylation sites is 2. The topological polar surface area (TPSA) is 73.6 Å². The van der Waals surface area contributed by atoms with Crippen molar-refractivity contribution >= 4 is 28.8 Å². The number of nitrogens with zero attached hydrogens (tertiary/aromatic N) is 1. The Bertz CT molecular complexity index is 1200. The first-order chi connectivity index (χ1) is 15.6. The summed E-state index contributed by atoms with van der Waals surface area (Å²) in [5.74, 6) is 1.80. The van der Waals surface area contributed by atoms with Gasteiger partial charge in [-0.2, -0.15) is 0 Å². The minimum absolute atomic E-state index is 0.156. The number of hydrogen-bond donors (Lipinski definition) is 1. The summed E-state index contributed by atoms with van der Waals surface area (Å²) in [6.45, 7) is 1.92. The lowest BCUT2D eigenvalue weighted by Gasteiger charge is -2.19. The molecule has 0 aliphatic carbocycles. The van der Waals surface area contributed by atoms with Crippen molar-refractivity contribution in [3.05, 3.63) is 83.4 Å². The molecule has 0 bridgehead atoms. The van der Waals surface area contributed by atoms with E-state index in [1.807, 2.05) is 73.7 Å². The minimum atomic E-state index is -0.273. The van der Waals surface area contributed by atoms with Crippen molar-refractivity contribution in [1.82, 2.24) is 10.3 Å². The van der Waals surface area contributed by atoms with Gasteiger partial charge in [0.15, 0.2) is 5.58 Å².